The maximum absolute atomic E-state index is 11.0. The van der Waals surface area contributed by atoms with Crippen LogP contribution in [0.25, 0.3) is 0 Å². The van der Waals surface area contributed by atoms with E-state index in [-0.39, 0.29) is 0 Å². The molecule has 0 saturated carbocycles. The molecule has 0 bridgehead atoms. The van der Waals surface area contributed by atoms with E-state index in [2.05, 4.69) is 16.6 Å². The van der Waals surface area contributed by atoms with Crippen LogP contribution in [0, 0.1) is 0 Å². The van der Waals surface area contributed by atoms with Crippen molar-refractivity contribution < 1.29 is 18.4 Å². The lowest BCUT2D eigenvalue weighted by Gasteiger charge is -2.08. The molecular weight excluding hydrogens is 146 g/mol. The average Bonchev–Trinajstić information content (AvgIpc) is 2.00. The minimum absolute atomic E-state index is 0.569. The van der Waals surface area contributed by atoms with E-state index in [1.807, 2.05) is 0 Å². The summed E-state index contributed by atoms with van der Waals surface area (Å²) in [6.07, 6.45) is 0.971. The number of hydrogen-bond acceptors (Lipinski definition) is 3. The zero-order valence-corrected chi connectivity index (χ0v) is 6.09. The van der Waals surface area contributed by atoms with Crippen LogP contribution < -0.4 is 5.32 Å². The number of hydrogen-bond donors (Lipinski definition) is 1. The summed E-state index contributed by atoms with van der Waals surface area (Å²) < 4.78 is 24.0. The van der Waals surface area contributed by atoms with Crippen LogP contribution in [0.5, 0.6) is 0 Å². The molecule has 0 aromatic rings. The molecule has 4 nitrogen and oxygen atoms in total. The van der Waals surface area contributed by atoms with Crippen LogP contribution in [-0.4, -0.2) is 25.0 Å². The molecular formula is C7H11NO3. The average molecular weight is 160 g/mol. The van der Waals surface area contributed by atoms with Gasteiger partial charge in [-0.2, -0.15) is 0 Å². The second kappa shape index (κ2) is 4.49. The van der Waals surface area contributed by atoms with Crippen molar-refractivity contribution in [1.29, 1.82) is 0 Å². The van der Waals surface area contributed by atoms with Gasteiger partial charge in [0.15, 0.2) is 0 Å². The molecule has 0 aliphatic heterocycles. The first kappa shape index (κ1) is 5.35. The Kier molecular flexibility index (Phi) is 2.18. The normalized spacial score (nSPS) is 16.6. The lowest BCUT2D eigenvalue weighted by atomic mass is 10.3. The van der Waals surface area contributed by atoms with Crippen LogP contribution in [-0.2, 0) is 14.3 Å². The van der Waals surface area contributed by atoms with Gasteiger partial charge in [-0.05, 0) is 13.0 Å². The van der Waals surface area contributed by atoms with Crippen molar-refractivity contribution in [3.05, 3.63) is 12.7 Å². The maximum atomic E-state index is 11.0. The van der Waals surface area contributed by atoms with E-state index in [4.69, 9.17) is 4.11 Å². The van der Waals surface area contributed by atoms with E-state index in [0.717, 1.165) is 6.08 Å². The van der Waals surface area contributed by atoms with Gasteiger partial charge in [-0.1, -0.05) is 6.58 Å². The number of rotatable bonds is 3. The van der Waals surface area contributed by atoms with Crippen LogP contribution in [0.1, 0.15) is 11.0 Å². The van der Waals surface area contributed by atoms with Gasteiger partial charge in [0.1, 0.15) is 6.04 Å². The Morgan fingerprint density at radius 3 is 2.91 bits per heavy atom. The van der Waals surface area contributed by atoms with Crippen molar-refractivity contribution in [2.45, 2.75) is 13.0 Å². The first-order valence-electron chi connectivity index (χ1n) is 4.42. The van der Waals surface area contributed by atoms with Crippen LogP contribution in [0.2, 0.25) is 0 Å². The van der Waals surface area contributed by atoms with Gasteiger partial charge in [0.05, 0.1) is 11.2 Å². The molecule has 0 fully saturated rings. The van der Waals surface area contributed by atoms with Crippen molar-refractivity contribution in [2.24, 2.45) is 0 Å². The molecule has 0 unspecified atom stereocenters. The summed E-state index contributed by atoms with van der Waals surface area (Å²) in [5.41, 5.74) is 0. The van der Waals surface area contributed by atoms with E-state index in [1.165, 1.54) is 6.92 Å². The highest BCUT2D eigenvalue weighted by atomic mass is 16.5. The zero-order valence-electron chi connectivity index (χ0n) is 9.09. The van der Waals surface area contributed by atoms with E-state index in [0.29, 0.717) is 0 Å². The fourth-order valence-corrected chi connectivity index (χ4v) is 0.420. The Morgan fingerprint density at radius 1 is 1.82 bits per heavy atom. The Balaban J connectivity index is 4.13. The summed E-state index contributed by atoms with van der Waals surface area (Å²) >= 11 is 0. The number of carbonyl (C=O) groups excluding carboxylic acids is 2. The zero-order chi connectivity index (χ0) is 11.4. The topological polar surface area (TPSA) is 55.4 Å². The molecule has 0 heterocycles. The summed E-state index contributed by atoms with van der Waals surface area (Å²) in [4.78, 5) is 21.7. The van der Waals surface area contributed by atoms with Gasteiger partial charge in [-0.25, -0.2) is 4.79 Å². The molecule has 0 aliphatic carbocycles. The molecule has 0 aromatic carbocycles. The van der Waals surface area contributed by atoms with Crippen molar-refractivity contribution in [1.82, 2.24) is 5.32 Å². The minimum Gasteiger partial charge on any atom is -0.467 e. The highest BCUT2D eigenvalue weighted by molar-refractivity contribution is 5.90. The quantitative estimate of drug-likeness (QED) is 0.461. The molecule has 1 N–H and O–H groups in total. The van der Waals surface area contributed by atoms with Crippen LogP contribution in [0.3, 0.4) is 0 Å². The monoisotopic (exact) mass is 160 g/mol. The van der Waals surface area contributed by atoms with Crippen molar-refractivity contribution >= 4 is 11.9 Å². The molecule has 0 saturated heterocycles. The van der Waals surface area contributed by atoms with E-state index < -0.39 is 25.0 Å². The first-order chi connectivity index (χ1) is 6.26. The van der Waals surface area contributed by atoms with Crippen molar-refractivity contribution in [3.63, 3.8) is 0 Å². The van der Waals surface area contributed by atoms with Gasteiger partial charge in [0, 0.05) is 0 Å². The molecule has 11 heavy (non-hydrogen) atoms. The first-order valence-corrected chi connectivity index (χ1v) is 2.92. The predicted octanol–water partition coefficient (Wildman–Crippen LogP) is -0.150. The summed E-state index contributed by atoms with van der Waals surface area (Å²) in [7, 11) is -2.79. The summed E-state index contributed by atoms with van der Waals surface area (Å²) in [6, 6.07) is -1.01. The van der Waals surface area contributed by atoms with Crippen LogP contribution in [0.4, 0.5) is 0 Å². The largest absolute Gasteiger partial charge is 0.467 e. The van der Waals surface area contributed by atoms with Gasteiger partial charge in [-0.3, -0.25) is 4.79 Å². The van der Waals surface area contributed by atoms with E-state index in [1.54, 1.807) is 0 Å². The number of nitrogens with one attached hydrogen (secondary N) is 1. The Morgan fingerprint density at radius 2 is 2.45 bits per heavy atom. The fourth-order valence-electron chi connectivity index (χ4n) is 0.420. The Bertz CT molecular complexity index is 249. The number of methoxy groups -OCH3 is 1. The number of ether oxygens (including phenoxy) is 1. The molecule has 0 aliphatic rings. The van der Waals surface area contributed by atoms with Crippen LogP contribution in [0.15, 0.2) is 12.7 Å². The SMILES string of the molecule is [2H]C([2H])([2H])OC(=O)[C@H](C)NC(=O)C=C. The maximum Gasteiger partial charge on any atom is 0.328 e. The third kappa shape index (κ3) is 3.40. The van der Waals surface area contributed by atoms with Gasteiger partial charge >= 0.3 is 5.97 Å². The molecule has 4 heteroatoms. The second-order valence-corrected chi connectivity index (χ2v) is 1.86. The van der Waals surface area contributed by atoms with Crippen molar-refractivity contribution in [3.8, 4) is 0 Å². The molecule has 0 spiro atoms. The molecule has 0 radical (unpaired) electrons. The van der Waals surface area contributed by atoms with Gasteiger partial charge in [0.25, 0.3) is 0 Å². The second-order valence-electron chi connectivity index (χ2n) is 1.86. The van der Waals surface area contributed by atoms with Gasteiger partial charge in [-0.15, -0.1) is 0 Å². The van der Waals surface area contributed by atoms with Gasteiger partial charge in [0.2, 0.25) is 5.91 Å². The molecule has 1 atom stereocenters. The molecule has 0 aromatic heterocycles. The number of carbonyl (C=O) groups is 2. The summed E-state index contributed by atoms with van der Waals surface area (Å²) in [5.74, 6) is -1.58. The third-order valence-electron chi connectivity index (χ3n) is 0.998. The van der Waals surface area contributed by atoms with Gasteiger partial charge < -0.3 is 10.1 Å². The summed E-state index contributed by atoms with van der Waals surface area (Å²) in [6.45, 7) is 4.49. The Labute approximate surface area is 69.4 Å². The fraction of sp³-hybridized carbons (Fsp3) is 0.429. The predicted molar refractivity (Wildman–Crippen MR) is 39.8 cm³/mol. The van der Waals surface area contributed by atoms with E-state index >= 15 is 0 Å². The van der Waals surface area contributed by atoms with Crippen LogP contribution >= 0.6 is 0 Å². The standard InChI is InChI=1S/C7H11NO3/c1-4-6(9)8-5(2)7(10)11-3/h4-5H,1H2,2-3H3,(H,8,9)/t5-/m0/s1/i3D3. The highest BCUT2D eigenvalue weighted by Gasteiger charge is 2.13. The smallest absolute Gasteiger partial charge is 0.328 e. The molecule has 1 amide bonds. The lowest BCUT2D eigenvalue weighted by Crippen LogP contribution is -2.38. The van der Waals surface area contributed by atoms with E-state index in [9.17, 15) is 9.59 Å². The third-order valence-corrected chi connectivity index (χ3v) is 0.998. The number of esters is 1. The Hall–Kier alpha value is -1.32. The lowest BCUT2D eigenvalue weighted by molar-refractivity contribution is -0.144. The highest BCUT2D eigenvalue weighted by Crippen LogP contribution is 1.85. The minimum atomic E-state index is -2.79. The molecule has 62 valence electrons. The summed E-state index contributed by atoms with van der Waals surface area (Å²) in [5, 5.41) is 2.17. The number of amides is 1. The van der Waals surface area contributed by atoms with Crippen molar-refractivity contribution in [2.75, 3.05) is 7.04 Å². The molecule has 0 rings (SSSR count).